The number of hydrogen-bond donors (Lipinski definition) is 0. The van der Waals surface area contributed by atoms with Crippen molar-refractivity contribution in [3.63, 3.8) is 0 Å². The predicted octanol–water partition coefficient (Wildman–Crippen LogP) is 6.44. The monoisotopic (exact) mass is 1220 g/mol. The summed E-state index contributed by atoms with van der Waals surface area (Å²) in [7, 11) is 0. The van der Waals surface area contributed by atoms with Gasteiger partial charge in [-0.2, -0.15) is 0 Å². The van der Waals surface area contributed by atoms with Gasteiger partial charge in [0, 0.05) is 92.9 Å². The van der Waals surface area contributed by atoms with Crippen molar-refractivity contribution in [2.75, 3.05) is 19.8 Å². The second-order valence-electron chi connectivity index (χ2n) is 26.0. The molecule has 2 saturated heterocycles. The second kappa shape index (κ2) is 26.5. The lowest BCUT2D eigenvalue weighted by Crippen LogP contribution is -2.65. The van der Waals surface area contributed by atoms with E-state index in [1.54, 1.807) is 0 Å². The van der Waals surface area contributed by atoms with Crippen LogP contribution in [0.2, 0.25) is 0 Å². The van der Waals surface area contributed by atoms with Gasteiger partial charge in [0.1, 0.15) is 37.6 Å². The molecular weight excluding hydrogens is 1130 g/mol. The molecule has 482 valence electrons. The zero-order chi connectivity index (χ0) is 63.8. The van der Waals surface area contributed by atoms with Crippen LogP contribution in [0.15, 0.2) is 11.6 Å². The van der Waals surface area contributed by atoms with Crippen molar-refractivity contribution in [2.24, 2.45) is 50.7 Å². The van der Waals surface area contributed by atoms with E-state index in [1.807, 2.05) is 20.8 Å². The third-order valence-corrected chi connectivity index (χ3v) is 20.2. The van der Waals surface area contributed by atoms with Crippen molar-refractivity contribution in [3.8, 4) is 0 Å². The average molecular weight is 1220 g/mol. The maximum Gasteiger partial charge on any atom is 0.303 e. The summed E-state index contributed by atoms with van der Waals surface area (Å²) in [6.07, 6.45) is -9.04. The summed E-state index contributed by atoms with van der Waals surface area (Å²) in [4.78, 5) is 128. The molecule has 7 rings (SSSR count). The van der Waals surface area contributed by atoms with Gasteiger partial charge in [-0.1, -0.05) is 39.3 Å². The van der Waals surface area contributed by atoms with E-state index in [-0.39, 0.29) is 51.9 Å². The lowest BCUT2D eigenvalue weighted by atomic mass is 9.41. The number of esters is 10. The van der Waals surface area contributed by atoms with E-state index in [2.05, 4.69) is 26.8 Å². The Hall–Kier alpha value is -5.72. The molecule has 0 unspecified atom stereocenters. The van der Waals surface area contributed by atoms with Gasteiger partial charge in [0.05, 0.1) is 12.7 Å². The first kappa shape index (κ1) is 67.8. The van der Waals surface area contributed by atoms with Gasteiger partial charge in [-0.3, -0.25) is 47.9 Å². The number of carbonyl (C=O) groups is 10. The molecule has 0 aromatic heterocycles. The predicted molar refractivity (Wildman–Crippen MR) is 296 cm³/mol. The molecule has 24 heteroatoms. The normalized spacial score (nSPS) is 39.0. The molecule has 86 heavy (non-hydrogen) atoms. The molecule has 0 aromatic carbocycles. The number of ether oxygens (including phenoxy) is 14. The zero-order valence-electron chi connectivity index (χ0n) is 52.7. The number of allylic oxidation sites excluding steroid dienone is 1. The second-order valence-corrected chi connectivity index (χ2v) is 26.0. The highest BCUT2D eigenvalue weighted by Crippen LogP contribution is 2.89. The number of carbonyl (C=O) groups excluding carboxylic acids is 10. The molecule has 2 spiro atoms. The van der Waals surface area contributed by atoms with Crippen molar-refractivity contribution in [3.05, 3.63) is 11.6 Å². The number of fused-ring (bicyclic) bond motifs is 2. The average Bonchev–Trinajstić information content (AvgIpc) is 1.46. The van der Waals surface area contributed by atoms with Crippen molar-refractivity contribution in [1.29, 1.82) is 0 Å². The molecule has 2 heterocycles. The molecule has 0 radical (unpaired) electrons. The van der Waals surface area contributed by atoms with Gasteiger partial charge in [-0.05, 0) is 98.7 Å². The van der Waals surface area contributed by atoms with Crippen molar-refractivity contribution in [2.45, 2.75) is 248 Å². The van der Waals surface area contributed by atoms with Crippen LogP contribution < -0.4 is 0 Å². The number of rotatable bonds is 21. The molecule has 0 bridgehead atoms. The van der Waals surface area contributed by atoms with E-state index in [0.717, 1.165) is 66.4 Å². The first-order valence-electron chi connectivity index (χ1n) is 30.0. The lowest BCUT2D eigenvalue weighted by molar-refractivity contribution is -0.342. The minimum absolute atomic E-state index is 0.118. The molecule has 0 aromatic rings. The first-order chi connectivity index (χ1) is 40.1. The molecule has 7 aliphatic rings. The smallest absolute Gasteiger partial charge is 0.303 e. The van der Waals surface area contributed by atoms with Gasteiger partial charge in [0.25, 0.3) is 0 Å². The summed E-state index contributed by atoms with van der Waals surface area (Å²) in [5.41, 5.74) is -1.45. The zero-order valence-corrected chi connectivity index (χ0v) is 52.7. The Morgan fingerprint density at radius 2 is 0.953 bits per heavy atom. The Morgan fingerprint density at radius 1 is 0.500 bits per heavy atom. The van der Waals surface area contributed by atoms with Crippen LogP contribution in [0.1, 0.15) is 169 Å². The Labute approximate surface area is 502 Å². The Morgan fingerprint density at radius 3 is 1.43 bits per heavy atom. The third-order valence-electron chi connectivity index (χ3n) is 20.2. The molecule has 7 fully saturated rings. The summed E-state index contributed by atoms with van der Waals surface area (Å²) in [5.74, 6) is -7.65. The van der Waals surface area contributed by atoms with E-state index in [0.29, 0.717) is 38.5 Å². The minimum atomic E-state index is -1.58. The van der Waals surface area contributed by atoms with Crippen LogP contribution >= 0.6 is 0 Å². The van der Waals surface area contributed by atoms with Crippen molar-refractivity contribution >= 4 is 59.7 Å². The fraction of sp³-hybridized carbons (Fsp3) is 0.806. The topological polar surface area (TPSA) is 300 Å². The SMILES string of the molecule is CC(=O)OC[C@H]1O[C@@H](O[C@H]2CC[C@]34C[C@]35CC[C@]3(C)[C@@H]([C@H](C)[C@H](CC=C(C)C)OC(C)=O)[C@@H](OC(C)=O)C[C@@]3(C)[C@@H]5CC[C@H]4[C@]2(C)CO[C@@H]2O[C@H](COC(C)=O)[C@@H](OC(C)=O)[C@H](OC(C)=O)[C@H]2OC(C)=O)[C@H](OC(C)=O)[C@@H](OC(C)=O)[C@H]1OC(C)=O. The van der Waals surface area contributed by atoms with Gasteiger partial charge in [0.2, 0.25) is 0 Å². The summed E-state index contributed by atoms with van der Waals surface area (Å²) >= 11 is 0. The largest absolute Gasteiger partial charge is 0.463 e. The highest BCUT2D eigenvalue weighted by Gasteiger charge is 2.84. The van der Waals surface area contributed by atoms with E-state index in [9.17, 15) is 47.9 Å². The van der Waals surface area contributed by atoms with Crippen LogP contribution in [0, 0.1) is 50.7 Å². The van der Waals surface area contributed by atoms with Gasteiger partial charge < -0.3 is 66.3 Å². The number of hydrogen-bond acceptors (Lipinski definition) is 24. The summed E-state index contributed by atoms with van der Waals surface area (Å²) in [5, 5.41) is 0. The quantitative estimate of drug-likeness (QED) is 0.0517. The van der Waals surface area contributed by atoms with Crippen molar-refractivity contribution < 1.29 is 114 Å². The Bertz CT molecular complexity index is 2630. The molecular formula is C62H90O24. The van der Waals surface area contributed by atoms with Gasteiger partial charge in [0.15, 0.2) is 49.2 Å². The third kappa shape index (κ3) is 13.8. The van der Waals surface area contributed by atoms with Crippen LogP contribution in [0.25, 0.3) is 0 Å². The standard InChI is InChI=1S/C62H90O24/c1-30(2)17-18-42(76-34(6)65)31(3)49-43(77-35(7)66)25-60(16)47-20-19-46-58(14,29-75-56-54(82-40(12)71)52(80-38(10)69)50(78-36(8)67)44(84-56)26-73-32(4)63)48(21-22-61(46)28-62(47,61)24-23-59(49,60)15)86-57-55(83-41(13)72)53(81-39(11)70)51(79-37(9)68)45(85-57)27-74-33(5)64/h17,31,42-57H,18-29H2,1-16H3/t31-,42+,43+,44-,45-,46+,47+,48+,49+,50-,51+,52+,53+,54-,55-,56-,57+,58+,59-,60+,61-,62+/m1/s1. The molecule has 5 saturated carbocycles. The molecule has 24 nitrogen and oxygen atoms in total. The summed E-state index contributed by atoms with van der Waals surface area (Å²) < 4.78 is 85.1. The maximum absolute atomic E-state index is 13.1. The fourth-order valence-corrected chi connectivity index (χ4v) is 17.1. The van der Waals surface area contributed by atoms with Crippen LogP contribution in [0.4, 0.5) is 0 Å². The molecule has 0 amide bonds. The van der Waals surface area contributed by atoms with E-state index in [4.69, 9.17) is 66.3 Å². The van der Waals surface area contributed by atoms with E-state index < -0.39 is 158 Å². The Kier molecular flexibility index (Phi) is 20.9. The summed E-state index contributed by atoms with van der Waals surface area (Å²) in [6, 6.07) is 0. The maximum atomic E-state index is 13.1. The molecule has 0 N–H and O–H groups in total. The minimum Gasteiger partial charge on any atom is -0.463 e. The van der Waals surface area contributed by atoms with Gasteiger partial charge in [-0.25, -0.2) is 0 Å². The van der Waals surface area contributed by atoms with E-state index >= 15 is 0 Å². The van der Waals surface area contributed by atoms with Gasteiger partial charge in [-0.15, -0.1) is 0 Å². The Balaban J connectivity index is 1.34. The van der Waals surface area contributed by atoms with Crippen LogP contribution in [-0.2, 0) is 114 Å². The first-order valence-corrected chi connectivity index (χ1v) is 30.0. The van der Waals surface area contributed by atoms with Crippen LogP contribution in [0.3, 0.4) is 0 Å². The fourth-order valence-electron chi connectivity index (χ4n) is 17.1. The highest BCUT2D eigenvalue weighted by atomic mass is 16.8. The van der Waals surface area contributed by atoms with Crippen LogP contribution in [0.5, 0.6) is 0 Å². The summed E-state index contributed by atoms with van der Waals surface area (Å²) in [6.45, 7) is 23.4. The molecule has 5 aliphatic carbocycles. The van der Waals surface area contributed by atoms with Crippen LogP contribution in [-0.4, -0.2) is 159 Å². The molecule has 2 aliphatic heterocycles. The lowest BCUT2D eigenvalue weighted by Gasteiger charge is -2.64. The molecule has 22 atom stereocenters. The van der Waals surface area contributed by atoms with E-state index in [1.165, 1.54) is 27.7 Å². The van der Waals surface area contributed by atoms with Crippen molar-refractivity contribution in [1.82, 2.24) is 0 Å². The van der Waals surface area contributed by atoms with Gasteiger partial charge >= 0.3 is 59.7 Å². The highest BCUT2D eigenvalue weighted by molar-refractivity contribution is 5.70.